The van der Waals surface area contributed by atoms with Crippen LogP contribution >= 0.6 is 11.6 Å². The molecule has 25 heavy (non-hydrogen) atoms. The quantitative estimate of drug-likeness (QED) is 0.610. The molecule has 0 spiro atoms. The second kappa shape index (κ2) is 7.07. The highest BCUT2D eigenvalue weighted by Gasteiger charge is 2.27. The average molecular weight is 351 g/mol. The Labute approximate surface area is 154 Å². The monoisotopic (exact) mass is 350 g/mol. The molecule has 0 aliphatic carbocycles. The van der Waals surface area contributed by atoms with Crippen LogP contribution in [0.4, 0.5) is 0 Å². The van der Waals surface area contributed by atoms with E-state index in [4.69, 9.17) is 11.6 Å². The van der Waals surface area contributed by atoms with Gasteiger partial charge in [0.05, 0.1) is 6.04 Å². The van der Waals surface area contributed by atoms with Crippen LogP contribution in [0.2, 0.25) is 5.02 Å². The van der Waals surface area contributed by atoms with Gasteiger partial charge in [0.25, 0.3) is 0 Å². The summed E-state index contributed by atoms with van der Waals surface area (Å²) in [4.78, 5) is 2.58. The van der Waals surface area contributed by atoms with E-state index in [-0.39, 0.29) is 6.04 Å². The Morgan fingerprint density at radius 1 is 1.00 bits per heavy atom. The summed E-state index contributed by atoms with van der Waals surface area (Å²) < 4.78 is 2.41. The molecule has 0 saturated heterocycles. The predicted molar refractivity (Wildman–Crippen MR) is 104 cm³/mol. The highest BCUT2D eigenvalue weighted by atomic mass is 35.5. The summed E-state index contributed by atoms with van der Waals surface area (Å²) >= 11 is 6.21. The first-order valence-electron chi connectivity index (χ1n) is 8.91. The standard InChI is InChI=1S/C22H23ClN2/c1-17-6-2-8-19(14-17)22-21-10-4-11-24(21)12-5-13-25(22)16-18-7-3-9-20(23)15-18/h2-4,6-11,14-15,22H,5,12-13,16H2,1H3. The fraction of sp³-hybridized carbons (Fsp3) is 0.273. The molecule has 3 heteroatoms. The Morgan fingerprint density at radius 3 is 2.72 bits per heavy atom. The molecular weight excluding hydrogens is 328 g/mol. The smallest absolute Gasteiger partial charge is 0.0759 e. The average Bonchev–Trinajstić information content (AvgIpc) is 2.96. The van der Waals surface area contributed by atoms with Crippen molar-refractivity contribution in [1.82, 2.24) is 9.47 Å². The second-order valence-electron chi connectivity index (χ2n) is 6.90. The highest BCUT2D eigenvalue weighted by molar-refractivity contribution is 6.30. The van der Waals surface area contributed by atoms with Gasteiger partial charge in [-0.05, 0) is 48.7 Å². The first-order valence-corrected chi connectivity index (χ1v) is 9.28. The number of aryl methyl sites for hydroxylation is 2. The topological polar surface area (TPSA) is 8.17 Å². The summed E-state index contributed by atoms with van der Waals surface area (Å²) in [5.41, 5.74) is 5.32. The molecule has 128 valence electrons. The van der Waals surface area contributed by atoms with Gasteiger partial charge < -0.3 is 4.57 Å². The number of fused-ring (bicyclic) bond motifs is 1. The van der Waals surface area contributed by atoms with E-state index in [1.807, 2.05) is 12.1 Å². The molecule has 2 aromatic carbocycles. The maximum atomic E-state index is 6.21. The molecule has 1 atom stereocenters. The number of aromatic nitrogens is 1. The van der Waals surface area contributed by atoms with E-state index in [0.717, 1.165) is 31.1 Å². The van der Waals surface area contributed by atoms with Crippen LogP contribution in [0.5, 0.6) is 0 Å². The fourth-order valence-electron chi connectivity index (χ4n) is 3.90. The molecule has 3 aromatic rings. The van der Waals surface area contributed by atoms with E-state index >= 15 is 0 Å². The maximum absolute atomic E-state index is 6.21. The zero-order valence-electron chi connectivity index (χ0n) is 14.5. The molecule has 0 radical (unpaired) electrons. The maximum Gasteiger partial charge on any atom is 0.0759 e. The lowest BCUT2D eigenvalue weighted by Gasteiger charge is -2.31. The van der Waals surface area contributed by atoms with Gasteiger partial charge in [0.1, 0.15) is 0 Å². The molecule has 0 N–H and O–H groups in total. The van der Waals surface area contributed by atoms with E-state index in [9.17, 15) is 0 Å². The van der Waals surface area contributed by atoms with Crippen LogP contribution in [-0.4, -0.2) is 16.0 Å². The van der Waals surface area contributed by atoms with Crippen molar-refractivity contribution in [3.05, 3.63) is 94.3 Å². The van der Waals surface area contributed by atoms with Crippen LogP contribution in [0.25, 0.3) is 0 Å². The van der Waals surface area contributed by atoms with Crippen molar-refractivity contribution in [1.29, 1.82) is 0 Å². The molecule has 0 amide bonds. The Hall–Kier alpha value is -2.03. The molecular formula is C22H23ClN2. The predicted octanol–water partition coefficient (Wildman–Crippen LogP) is 5.45. The van der Waals surface area contributed by atoms with E-state index in [1.165, 1.54) is 22.4 Å². The van der Waals surface area contributed by atoms with Gasteiger partial charge in [0, 0.05) is 36.5 Å². The summed E-state index contributed by atoms with van der Waals surface area (Å²) in [5, 5.41) is 0.808. The van der Waals surface area contributed by atoms with Gasteiger partial charge in [0.15, 0.2) is 0 Å². The number of nitrogens with zero attached hydrogens (tertiary/aromatic N) is 2. The number of benzene rings is 2. The minimum Gasteiger partial charge on any atom is -0.350 e. The normalized spacial score (nSPS) is 17.9. The van der Waals surface area contributed by atoms with Crippen molar-refractivity contribution in [3.8, 4) is 0 Å². The summed E-state index contributed by atoms with van der Waals surface area (Å²) in [7, 11) is 0. The summed E-state index contributed by atoms with van der Waals surface area (Å²) in [6.45, 7) is 5.23. The van der Waals surface area contributed by atoms with Crippen molar-refractivity contribution in [3.63, 3.8) is 0 Å². The molecule has 4 rings (SSSR count). The Morgan fingerprint density at radius 2 is 1.88 bits per heavy atom. The van der Waals surface area contributed by atoms with Gasteiger partial charge in [0.2, 0.25) is 0 Å². The Balaban J connectivity index is 1.75. The number of hydrogen-bond acceptors (Lipinski definition) is 1. The van der Waals surface area contributed by atoms with Crippen molar-refractivity contribution in [2.45, 2.75) is 32.5 Å². The van der Waals surface area contributed by atoms with E-state index < -0.39 is 0 Å². The minimum atomic E-state index is 0.274. The summed E-state index contributed by atoms with van der Waals surface area (Å²) in [6, 6.07) is 21.9. The molecule has 1 unspecified atom stereocenters. The van der Waals surface area contributed by atoms with Gasteiger partial charge >= 0.3 is 0 Å². The van der Waals surface area contributed by atoms with Gasteiger partial charge in [-0.1, -0.05) is 53.6 Å². The molecule has 0 fully saturated rings. The minimum absolute atomic E-state index is 0.274. The van der Waals surface area contributed by atoms with Crippen molar-refractivity contribution < 1.29 is 0 Å². The van der Waals surface area contributed by atoms with Crippen molar-refractivity contribution in [2.75, 3.05) is 6.54 Å². The molecule has 0 bridgehead atoms. The van der Waals surface area contributed by atoms with Crippen molar-refractivity contribution in [2.24, 2.45) is 0 Å². The SMILES string of the molecule is Cc1cccc(C2c3cccn3CCCN2Cc2cccc(Cl)c2)c1. The lowest BCUT2D eigenvalue weighted by atomic mass is 9.99. The lowest BCUT2D eigenvalue weighted by molar-refractivity contribution is 0.220. The third kappa shape index (κ3) is 3.51. The van der Waals surface area contributed by atoms with E-state index in [0.29, 0.717) is 0 Å². The largest absolute Gasteiger partial charge is 0.350 e. The Kier molecular flexibility index (Phi) is 4.65. The van der Waals surface area contributed by atoms with Crippen LogP contribution < -0.4 is 0 Å². The third-order valence-electron chi connectivity index (χ3n) is 4.99. The molecule has 1 aliphatic rings. The van der Waals surface area contributed by atoms with Crippen LogP contribution in [0, 0.1) is 6.92 Å². The summed E-state index contributed by atoms with van der Waals surface area (Å²) in [6.07, 6.45) is 3.37. The van der Waals surface area contributed by atoms with Gasteiger partial charge in [-0.15, -0.1) is 0 Å². The van der Waals surface area contributed by atoms with Gasteiger partial charge in [-0.25, -0.2) is 0 Å². The van der Waals surface area contributed by atoms with E-state index in [2.05, 4.69) is 71.1 Å². The molecule has 0 saturated carbocycles. The first kappa shape index (κ1) is 16.4. The Bertz CT molecular complexity index is 868. The van der Waals surface area contributed by atoms with Gasteiger partial charge in [-0.2, -0.15) is 0 Å². The lowest BCUT2D eigenvalue weighted by Crippen LogP contribution is -2.29. The highest BCUT2D eigenvalue weighted by Crippen LogP contribution is 2.33. The summed E-state index contributed by atoms with van der Waals surface area (Å²) in [5.74, 6) is 0. The number of rotatable bonds is 3. The van der Waals surface area contributed by atoms with Crippen molar-refractivity contribution >= 4 is 11.6 Å². The third-order valence-corrected chi connectivity index (χ3v) is 5.22. The van der Waals surface area contributed by atoms with Crippen LogP contribution in [0.15, 0.2) is 66.9 Å². The van der Waals surface area contributed by atoms with Crippen LogP contribution in [0.1, 0.15) is 34.8 Å². The first-order chi connectivity index (χ1) is 12.2. The molecule has 2 heterocycles. The van der Waals surface area contributed by atoms with E-state index in [1.54, 1.807) is 0 Å². The number of halogens is 1. The van der Waals surface area contributed by atoms with Gasteiger partial charge in [-0.3, -0.25) is 4.90 Å². The molecule has 2 nitrogen and oxygen atoms in total. The zero-order chi connectivity index (χ0) is 17.2. The molecule has 1 aliphatic heterocycles. The second-order valence-corrected chi connectivity index (χ2v) is 7.33. The van der Waals surface area contributed by atoms with Crippen LogP contribution in [0.3, 0.4) is 0 Å². The molecule has 1 aromatic heterocycles. The van der Waals surface area contributed by atoms with Crippen LogP contribution in [-0.2, 0) is 13.1 Å². The zero-order valence-corrected chi connectivity index (χ0v) is 15.3. The fourth-order valence-corrected chi connectivity index (χ4v) is 4.11. The number of hydrogen-bond donors (Lipinski definition) is 0.